The average Bonchev–Trinajstić information content (AvgIpc) is 2.63. The van der Waals surface area contributed by atoms with E-state index in [2.05, 4.69) is 10.6 Å². The highest BCUT2D eigenvalue weighted by Crippen LogP contribution is 2.24. The second kappa shape index (κ2) is 6.84. The van der Waals surface area contributed by atoms with Crippen molar-refractivity contribution in [3.8, 4) is 0 Å². The number of carbonyl (C=O) groups is 1. The number of anilines is 1. The Balaban J connectivity index is 1.93. The molecule has 0 unspecified atom stereocenters. The van der Waals surface area contributed by atoms with E-state index in [4.69, 9.17) is 11.6 Å². The van der Waals surface area contributed by atoms with Crippen molar-refractivity contribution in [1.82, 2.24) is 10.2 Å². The lowest BCUT2D eigenvalue weighted by Gasteiger charge is -2.19. The van der Waals surface area contributed by atoms with E-state index in [0.29, 0.717) is 0 Å². The standard InChI is InChI=1S/C13H17ClFN3O/c14-10-3-1-4-11(15)13(10)17-12(19)9-18-7-2-5-16-6-8-18/h1,3-4,16H,2,5-9H2,(H,17,19). The van der Waals surface area contributed by atoms with Crippen LogP contribution < -0.4 is 10.6 Å². The Morgan fingerprint density at radius 2 is 2.26 bits per heavy atom. The number of amides is 1. The summed E-state index contributed by atoms with van der Waals surface area (Å²) >= 11 is 5.86. The van der Waals surface area contributed by atoms with Crippen molar-refractivity contribution >= 4 is 23.2 Å². The summed E-state index contributed by atoms with van der Waals surface area (Å²) in [6, 6.07) is 4.33. The van der Waals surface area contributed by atoms with Crippen LogP contribution in [0.4, 0.5) is 10.1 Å². The molecule has 1 fully saturated rings. The van der Waals surface area contributed by atoms with Gasteiger partial charge in [-0.25, -0.2) is 4.39 Å². The second-order valence-corrected chi connectivity index (χ2v) is 4.93. The maximum Gasteiger partial charge on any atom is 0.238 e. The SMILES string of the molecule is O=C(CN1CCCNCC1)Nc1c(F)cccc1Cl. The number of hydrogen-bond donors (Lipinski definition) is 2. The summed E-state index contributed by atoms with van der Waals surface area (Å²) in [5.74, 6) is -0.757. The Kier molecular flexibility index (Phi) is 5.13. The third kappa shape index (κ3) is 4.16. The molecule has 1 aromatic rings. The highest BCUT2D eigenvalue weighted by Gasteiger charge is 2.15. The Morgan fingerprint density at radius 3 is 3.05 bits per heavy atom. The minimum Gasteiger partial charge on any atom is -0.321 e. The molecular weight excluding hydrogens is 269 g/mol. The largest absolute Gasteiger partial charge is 0.321 e. The molecule has 0 bridgehead atoms. The van der Waals surface area contributed by atoms with Crippen LogP contribution in [0.1, 0.15) is 6.42 Å². The maximum absolute atomic E-state index is 13.5. The maximum atomic E-state index is 13.5. The molecule has 2 rings (SSSR count). The van der Waals surface area contributed by atoms with Gasteiger partial charge >= 0.3 is 0 Å². The highest BCUT2D eigenvalue weighted by molar-refractivity contribution is 6.33. The fourth-order valence-electron chi connectivity index (χ4n) is 2.06. The van der Waals surface area contributed by atoms with Crippen LogP contribution in [0.15, 0.2) is 18.2 Å². The molecule has 0 spiro atoms. The van der Waals surface area contributed by atoms with E-state index in [1.165, 1.54) is 12.1 Å². The van der Waals surface area contributed by atoms with Crippen LogP contribution in [0.3, 0.4) is 0 Å². The van der Waals surface area contributed by atoms with Crippen molar-refractivity contribution in [3.05, 3.63) is 29.0 Å². The molecule has 1 aliphatic heterocycles. The molecule has 104 valence electrons. The normalized spacial score (nSPS) is 16.9. The second-order valence-electron chi connectivity index (χ2n) is 4.52. The molecule has 1 heterocycles. The zero-order valence-electron chi connectivity index (χ0n) is 10.6. The molecule has 0 atom stereocenters. The van der Waals surface area contributed by atoms with Crippen molar-refractivity contribution in [1.29, 1.82) is 0 Å². The molecule has 0 saturated carbocycles. The van der Waals surface area contributed by atoms with Crippen molar-refractivity contribution in [2.24, 2.45) is 0 Å². The molecule has 1 amide bonds. The Hall–Kier alpha value is -1.17. The lowest BCUT2D eigenvalue weighted by atomic mass is 10.3. The lowest BCUT2D eigenvalue weighted by molar-refractivity contribution is -0.117. The molecule has 1 aromatic carbocycles. The Bertz CT molecular complexity index is 427. The topological polar surface area (TPSA) is 44.4 Å². The van der Waals surface area contributed by atoms with Gasteiger partial charge in [-0.2, -0.15) is 0 Å². The van der Waals surface area contributed by atoms with E-state index in [9.17, 15) is 9.18 Å². The van der Waals surface area contributed by atoms with Crippen LogP contribution in [0.25, 0.3) is 0 Å². The highest BCUT2D eigenvalue weighted by atomic mass is 35.5. The van der Waals surface area contributed by atoms with Gasteiger partial charge in [-0.3, -0.25) is 9.69 Å². The first-order valence-corrected chi connectivity index (χ1v) is 6.71. The van der Waals surface area contributed by atoms with Gasteiger partial charge in [0.2, 0.25) is 5.91 Å². The molecule has 0 aliphatic carbocycles. The molecule has 1 saturated heterocycles. The van der Waals surface area contributed by atoms with E-state index in [1.807, 2.05) is 4.90 Å². The van der Waals surface area contributed by atoms with Gasteiger partial charge in [0.1, 0.15) is 5.82 Å². The summed E-state index contributed by atoms with van der Waals surface area (Å²) in [4.78, 5) is 13.9. The number of para-hydroxylation sites is 1. The summed E-state index contributed by atoms with van der Waals surface area (Å²) in [7, 11) is 0. The van der Waals surface area contributed by atoms with Crippen LogP contribution in [-0.4, -0.2) is 43.5 Å². The molecule has 1 aliphatic rings. The predicted molar refractivity (Wildman–Crippen MR) is 74.0 cm³/mol. The first-order valence-electron chi connectivity index (χ1n) is 6.34. The van der Waals surface area contributed by atoms with Crippen molar-refractivity contribution < 1.29 is 9.18 Å². The Labute approximate surface area is 116 Å². The smallest absolute Gasteiger partial charge is 0.238 e. The number of nitrogens with zero attached hydrogens (tertiary/aromatic N) is 1. The van der Waals surface area contributed by atoms with Gasteiger partial charge in [-0.1, -0.05) is 17.7 Å². The minimum absolute atomic E-state index is 0.0575. The minimum atomic E-state index is -0.515. The number of rotatable bonds is 3. The third-order valence-corrected chi connectivity index (χ3v) is 3.34. The van der Waals surface area contributed by atoms with Gasteiger partial charge < -0.3 is 10.6 Å². The van der Waals surface area contributed by atoms with E-state index in [0.717, 1.165) is 32.6 Å². The fraction of sp³-hybridized carbons (Fsp3) is 0.462. The first kappa shape index (κ1) is 14.2. The predicted octanol–water partition coefficient (Wildman–Crippen LogP) is 1.71. The average molecular weight is 286 g/mol. The van der Waals surface area contributed by atoms with Crippen LogP contribution in [-0.2, 0) is 4.79 Å². The number of nitrogens with one attached hydrogen (secondary N) is 2. The molecule has 6 heteroatoms. The summed E-state index contributed by atoms with van der Waals surface area (Å²) in [5.41, 5.74) is 0.0575. The van der Waals surface area contributed by atoms with E-state index < -0.39 is 5.82 Å². The van der Waals surface area contributed by atoms with E-state index in [-0.39, 0.29) is 23.2 Å². The Morgan fingerprint density at radius 1 is 1.42 bits per heavy atom. The quantitative estimate of drug-likeness (QED) is 0.889. The van der Waals surface area contributed by atoms with Crippen LogP contribution in [0.5, 0.6) is 0 Å². The molecule has 19 heavy (non-hydrogen) atoms. The summed E-state index contributed by atoms with van der Waals surface area (Å²) in [6.07, 6.45) is 1.01. The third-order valence-electron chi connectivity index (χ3n) is 3.03. The lowest BCUT2D eigenvalue weighted by Crippen LogP contribution is -2.35. The fourth-order valence-corrected chi connectivity index (χ4v) is 2.27. The summed E-state index contributed by atoms with van der Waals surface area (Å²) in [6.45, 7) is 3.78. The van der Waals surface area contributed by atoms with Gasteiger partial charge in [-0.05, 0) is 31.6 Å². The number of hydrogen-bond acceptors (Lipinski definition) is 3. The van der Waals surface area contributed by atoms with E-state index >= 15 is 0 Å². The molecular formula is C13H17ClFN3O. The number of halogens is 2. The zero-order chi connectivity index (χ0) is 13.7. The zero-order valence-corrected chi connectivity index (χ0v) is 11.3. The monoisotopic (exact) mass is 285 g/mol. The molecule has 2 N–H and O–H groups in total. The molecule has 0 aromatic heterocycles. The summed E-state index contributed by atoms with van der Waals surface area (Å²) < 4.78 is 13.5. The number of carbonyl (C=O) groups excluding carboxylic acids is 1. The van der Waals surface area contributed by atoms with Gasteiger partial charge in [0, 0.05) is 13.1 Å². The van der Waals surface area contributed by atoms with Crippen LogP contribution >= 0.6 is 11.6 Å². The van der Waals surface area contributed by atoms with Gasteiger partial charge in [0.15, 0.2) is 0 Å². The van der Waals surface area contributed by atoms with Gasteiger partial charge in [0.25, 0.3) is 0 Å². The van der Waals surface area contributed by atoms with Crippen molar-refractivity contribution in [2.75, 3.05) is 38.0 Å². The van der Waals surface area contributed by atoms with Crippen molar-refractivity contribution in [2.45, 2.75) is 6.42 Å². The molecule has 0 radical (unpaired) electrons. The van der Waals surface area contributed by atoms with E-state index in [1.54, 1.807) is 6.07 Å². The number of benzene rings is 1. The van der Waals surface area contributed by atoms with Crippen LogP contribution in [0.2, 0.25) is 5.02 Å². The van der Waals surface area contributed by atoms with Crippen molar-refractivity contribution in [3.63, 3.8) is 0 Å². The molecule has 4 nitrogen and oxygen atoms in total. The summed E-state index contributed by atoms with van der Waals surface area (Å²) in [5, 5.41) is 6.02. The van der Waals surface area contributed by atoms with Crippen LogP contribution in [0, 0.1) is 5.82 Å². The van der Waals surface area contributed by atoms with Gasteiger partial charge in [-0.15, -0.1) is 0 Å². The first-order chi connectivity index (χ1) is 9.16. The van der Waals surface area contributed by atoms with Gasteiger partial charge in [0.05, 0.1) is 17.3 Å².